The van der Waals surface area contributed by atoms with Gasteiger partial charge in [-0.05, 0) is 128 Å². The maximum Gasteiger partial charge on any atom is 0.306 e. The van der Waals surface area contributed by atoms with Crippen LogP contribution >= 0.6 is 0 Å². The monoisotopic (exact) mass is 965 g/mol. The number of carbonyl (C=O) groups excluding carboxylic acids is 3. The molecule has 0 saturated carbocycles. The Morgan fingerprint density at radius 3 is 0.929 bits per heavy atom. The fraction of sp³-hybridized carbons (Fsp3) is 0.578. The molecule has 392 valence electrons. The van der Waals surface area contributed by atoms with Gasteiger partial charge in [-0.1, -0.05) is 218 Å². The second kappa shape index (κ2) is 56.9. The van der Waals surface area contributed by atoms with Gasteiger partial charge in [0.1, 0.15) is 13.2 Å². The average molecular weight is 965 g/mol. The van der Waals surface area contributed by atoms with E-state index in [1.165, 1.54) is 57.8 Å². The van der Waals surface area contributed by atoms with Crippen LogP contribution in [-0.2, 0) is 28.6 Å². The Labute approximate surface area is 429 Å². The van der Waals surface area contributed by atoms with Gasteiger partial charge in [0, 0.05) is 19.3 Å². The second-order valence-electron chi connectivity index (χ2n) is 17.7. The third-order valence-electron chi connectivity index (χ3n) is 11.1. The highest BCUT2D eigenvalue weighted by molar-refractivity contribution is 5.71. The summed E-state index contributed by atoms with van der Waals surface area (Å²) in [4.78, 5) is 38.1. The molecule has 0 spiro atoms. The van der Waals surface area contributed by atoms with E-state index in [1.54, 1.807) is 0 Å². The predicted molar refractivity (Wildman–Crippen MR) is 302 cm³/mol. The largest absolute Gasteiger partial charge is 0.462 e. The van der Waals surface area contributed by atoms with Gasteiger partial charge in [0.2, 0.25) is 0 Å². The van der Waals surface area contributed by atoms with Crippen LogP contribution in [0.2, 0.25) is 0 Å². The van der Waals surface area contributed by atoms with Crippen molar-refractivity contribution in [3.05, 3.63) is 146 Å². The summed E-state index contributed by atoms with van der Waals surface area (Å²) in [6.45, 7) is 6.28. The van der Waals surface area contributed by atoms with Crippen LogP contribution in [0.1, 0.15) is 220 Å². The first-order chi connectivity index (χ1) is 34.5. The lowest BCUT2D eigenvalue weighted by atomic mass is 10.1. The maximum atomic E-state index is 12.8. The molecule has 0 bridgehead atoms. The van der Waals surface area contributed by atoms with Crippen molar-refractivity contribution in [2.75, 3.05) is 13.2 Å². The lowest BCUT2D eigenvalue weighted by molar-refractivity contribution is -0.167. The van der Waals surface area contributed by atoms with Gasteiger partial charge >= 0.3 is 17.9 Å². The number of ether oxygens (including phenoxy) is 3. The third kappa shape index (κ3) is 54.2. The Kier molecular flexibility index (Phi) is 53.0. The lowest BCUT2D eigenvalue weighted by Gasteiger charge is -2.18. The number of esters is 3. The fourth-order valence-electron chi connectivity index (χ4n) is 6.95. The predicted octanol–water partition coefficient (Wildman–Crippen LogP) is 18.8. The highest BCUT2D eigenvalue weighted by Gasteiger charge is 2.19. The minimum Gasteiger partial charge on any atom is -0.462 e. The first-order valence-electron chi connectivity index (χ1n) is 27.8. The number of allylic oxidation sites excluding steroid dienone is 24. The van der Waals surface area contributed by atoms with E-state index in [1.807, 2.05) is 0 Å². The molecule has 0 radical (unpaired) electrons. The zero-order valence-corrected chi connectivity index (χ0v) is 44.7. The first kappa shape index (κ1) is 65.3. The molecule has 0 aliphatic carbocycles. The van der Waals surface area contributed by atoms with E-state index in [0.717, 1.165) is 109 Å². The maximum absolute atomic E-state index is 12.8. The molecule has 0 heterocycles. The van der Waals surface area contributed by atoms with E-state index in [0.29, 0.717) is 19.3 Å². The van der Waals surface area contributed by atoms with Gasteiger partial charge in [-0.25, -0.2) is 0 Å². The van der Waals surface area contributed by atoms with Crippen LogP contribution in [0.5, 0.6) is 0 Å². The Bertz CT molecular complexity index is 1580. The van der Waals surface area contributed by atoms with E-state index in [2.05, 4.69) is 167 Å². The molecule has 0 saturated heterocycles. The van der Waals surface area contributed by atoms with E-state index < -0.39 is 6.10 Å². The minimum absolute atomic E-state index is 0.129. The summed E-state index contributed by atoms with van der Waals surface area (Å²) >= 11 is 0. The van der Waals surface area contributed by atoms with Gasteiger partial charge in [0.15, 0.2) is 6.10 Å². The smallest absolute Gasteiger partial charge is 0.306 e. The molecule has 0 aliphatic rings. The molecule has 0 aromatic carbocycles. The van der Waals surface area contributed by atoms with Gasteiger partial charge in [-0.3, -0.25) is 14.4 Å². The van der Waals surface area contributed by atoms with E-state index in [4.69, 9.17) is 14.2 Å². The standard InChI is InChI=1S/C64H100O6/c1-4-7-10-13-16-19-22-25-28-31-34-36-39-42-45-48-51-54-57-63(66)69-60-61(70-64(67)58-55-52-49-46-43-40-37-33-30-27-24-21-18-15-12-9-6-3)59-68-62(65)56-53-50-47-44-41-38-35-32-29-26-23-20-17-14-11-8-5-2/h8-9,11-12,17-22,26-31,35,37-38,40,44,46-47,49,61H,4-7,10,13-16,23-25,32-34,36,39,41-43,45,48,50-60H2,1-3H3/b11-8-,12-9-,20-17-,21-18-,22-19-,29-26-,30-27-,31-28-,38-35-,40-37-,47-44-,49-46-. The molecule has 0 amide bonds. The van der Waals surface area contributed by atoms with Gasteiger partial charge in [-0.2, -0.15) is 0 Å². The van der Waals surface area contributed by atoms with Gasteiger partial charge in [0.05, 0.1) is 0 Å². The summed E-state index contributed by atoms with van der Waals surface area (Å²) in [5.74, 6) is -1.06. The number of hydrogen-bond donors (Lipinski definition) is 0. The second-order valence-corrected chi connectivity index (χ2v) is 17.7. The summed E-state index contributed by atoms with van der Waals surface area (Å²) in [6, 6.07) is 0. The number of hydrogen-bond acceptors (Lipinski definition) is 6. The molecular formula is C64H100O6. The highest BCUT2D eigenvalue weighted by atomic mass is 16.6. The normalized spacial score (nSPS) is 13.2. The van der Waals surface area contributed by atoms with Crippen molar-refractivity contribution >= 4 is 17.9 Å². The van der Waals surface area contributed by atoms with Crippen molar-refractivity contribution in [1.82, 2.24) is 0 Å². The number of rotatable bonds is 48. The van der Waals surface area contributed by atoms with Crippen LogP contribution < -0.4 is 0 Å². The van der Waals surface area contributed by atoms with Crippen molar-refractivity contribution in [1.29, 1.82) is 0 Å². The summed E-state index contributed by atoms with van der Waals surface area (Å²) in [5, 5.41) is 0. The van der Waals surface area contributed by atoms with Crippen molar-refractivity contribution < 1.29 is 28.6 Å². The van der Waals surface area contributed by atoms with Crippen LogP contribution in [0.25, 0.3) is 0 Å². The van der Waals surface area contributed by atoms with Crippen molar-refractivity contribution in [3.63, 3.8) is 0 Å². The summed E-state index contributed by atoms with van der Waals surface area (Å²) < 4.78 is 16.7. The van der Waals surface area contributed by atoms with Gasteiger partial charge in [-0.15, -0.1) is 0 Å². The topological polar surface area (TPSA) is 78.9 Å². The lowest BCUT2D eigenvalue weighted by Crippen LogP contribution is -2.30. The highest BCUT2D eigenvalue weighted by Crippen LogP contribution is 2.12. The van der Waals surface area contributed by atoms with Gasteiger partial charge < -0.3 is 14.2 Å². The summed E-state index contributed by atoms with van der Waals surface area (Å²) in [6.07, 6.45) is 81.3. The van der Waals surface area contributed by atoms with Crippen LogP contribution in [0, 0.1) is 0 Å². The van der Waals surface area contributed by atoms with Crippen LogP contribution in [0.15, 0.2) is 146 Å². The molecule has 0 aromatic rings. The fourth-order valence-corrected chi connectivity index (χ4v) is 6.95. The minimum atomic E-state index is -0.841. The van der Waals surface area contributed by atoms with E-state index >= 15 is 0 Å². The Morgan fingerprint density at radius 1 is 0.300 bits per heavy atom. The molecule has 1 unspecified atom stereocenters. The molecule has 6 nitrogen and oxygen atoms in total. The van der Waals surface area contributed by atoms with Crippen LogP contribution in [-0.4, -0.2) is 37.2 Å². The Balaban J connectivity index is 4.60. The molecular weight excluding hydrogens is 865 g/mol. The molecule has 70 heavy (non-hydrogen) atoms. The third-order valence-corrected chi connectivity index (χ3v) is 11.1. The molecule has 1 atom stereocenters. The molecule has 6 heteroatoms. The number of carbonyl (C=O) groups is 3. The van der Waals surface area contributed by atoms with Crippen LogP contribution in [0.3, 0.4) is 0 Å². The van der Waals surface area contributed by atoms with Crippen molar-refractivity contribution in [2.45, 2.75) is 226 Å². The molecule has 0 rings (SSSR count). The SMILES string of the molecule is CC/C=C\C/C=C\C/C=C\C/C=C\C/C=C\CCCC(=O)OCC(COC(=O)CCCCCCCCC/C=C\C/C=C\CCCCCC)OC(=O)CCC/C=C\C/C=C\C/C=C\C/C=C\C/C=C\CC. The summed E-state index contributed by atoms with van der Waals surface area (Å²) in [5.41, 5.74) is 0. The first-order valence-corrected chi connectivity index (χ1v) is 27.8. The zero-order valence-electron chi connectivity index (χ0n) is 44.7. The molecule has 0 fully saturated rings. The summed E-state index contributed by atoms with van der Waals surface area (Å²) in [7, 11) is 0. The van der Waals surface area contributed by atoms with Crippen molar-refractivity contribution in [2.24, 2.45) is 0 Å². The quantitative estimate of drug-likeness (QED) is 0.0262. The van der Waals surface area contributed by atoms with Gasteiger partial charge in [0.25, 0.3) is 0 Å². The molecule has 0 N–H and O–H groups in total. The number of unbranched alkanes of at least 4 members (excludes halogenated alkanes) is 13. The molecule has 0 aliphatic heterocycles. The van der Waals surface area contributed by atoms with Crippen LogP contribution in [0.4, 0.5) is 0 Å². The zero-order chi connectivity index (χ0) is 50.7. The molecule has 0 aromatic heterocycles. The Hall–Kier alpha value is -4.71. The van der Waals surface area contributed by atoms with E-state index in [9.17, 15) is 14.4 Å². The van der Waals surface area contributed by atoms with E-state index in [-0.39, 0.29) is 44.0 Å². The average Bonchev–Trinajstić information content (AvgIpc) is 3.36. The Morgan fingerprint density at radius 2 is 0.571 bits per heavy atom. The van der Waals surface area contributed by atoms with Crippen molar-refractivity contribution in [3.8, 4) is 0 Å².